The number of thiophene rings is 1. The first-order valence-corrected chi connectivity index (χ1v) is 21.3. The zero-order valence-electron chi connectivity index (χ0n) is 32.7. The molecule has 0 fully saturated rings. The second-order valence-corrected chi connectivity index (χ2v) is 16.9. The van der Waals surface area contributed by atoms with Gasteiger partial charge in [-0.05, 0) is 140 Å². The molecule has 3 aliphatic carbocycles. The van der Waals surface area contributed by atoms with Crippen molar-refractivity contribution in [2.24, 2.45) is 0 Å². The maximum absolute atomic E-state index is 4.22. The molecule has 59 heavy (non-hydrogen) atoms. The number of para-hydroxylation sites is 2. The zero-order chi connectivity index (χ0) is 39.2. The third-order valence-corrected chi connectivity index (χ3v) is 13.7. The molecular weight excluding hydrogens is 735 g/mol. The molecular formula is C55H39N3S. The van der Waals surface area contributed by atoms with Crippen LogP contribution in [0.2, 0.25) is 0 Å². The Labute approximate surface area is 347 Å². The van der Waals surface area contributed by atoms with E-state index in [0.717, 1.165) is 36.2 Å². The number of hydrogen-bond donors (Lipinski definition) is 0. The summed E-state index contributed by atoms with van der Waals surface area (Å²) in [7, 11) is 0. The summed E-state index contributed by atoms with van der Waals surface area (Å²) in [5.74, 6) is 0. The fourth-order valence-electron chi connectivity index (χ4n) is 9.79. The van der Waals surface area contributed by atoms with Crippen LogP contribution in [0.3, 0.4) is 0 Å². The van der Waals surface area contributed by atoms with Crippen LogP contribution in [0.4, 0.5) is 0 Å². The summed E-state index contributed by atoms with van der Waals surface area (Å²) in [5, 5.41) is 6.41. The fraction of sp³-hybridized carbons (Fsp3) is 0.0727. The number of nitrogens with zero attached hydrogens (tertiary/aromatic N) is 3. The number of benzene rings is 5. The third kappa shape index (κ3) is 5.21. The highest BCUT2D eigenvalue weighted by Gasteiger charge is 2.25. The molecule has 0 radical (unpaired) electrons. The molecule has 12 rings (SSSR count). The maximum atomic E-state index is 4.22. The molecule has 8 aromatic rings. The molecule has 1 aliphatic heterocycles. The number of hydrogen-bond acceptors (Lipinski definition) is 2. The summed E-state index contributed by atoms with van der Waals surface area (Å²) in [5.41, 5.74) is 20.6. The molecule has 0 saturated carbocycles. The van der Waals surface area contributed by atoms with Crippen molar-refractivity contribution in [2.45, 2.75) is 26.2 Å². The van der Waals surface area contributed by atoms with Gasteiger partial charge in [0.25, 0.3) is 0 Å². The third-order valence-electron chi connectivity index (χ3n) is 12.5. The molecule has 3 aromatic heterocycles. The van der Waals surface area contributed by atoms with Gasteiger partial charge in [0, 0.05) is 64.7 Å². The van der Waals surface area contributed by atoms with Crippen LogP contribution in [0.15, 0.2) is 204 Å². The van der Waals surface area contributed by atoms with E-state index in [4.69, 9.17) is 0 Å². The average Bonchev–Trinajstić information content (AvgIpc) is 3.75. The second-order valence-electron chi connectivity index (χ2n) is 15.8. The van der Waals surface area contributed by atoms with Gasteiger partial charge in [0.05, 0.1) is 27.9 Å². The number of rotatable bonds is 5. The Hall–Kier alpha value is -7.10. The van der Waals surface area contributed by atoms with Crippen molar-refractivity contribution in [1.29, 1.82) is 0 Å². The van der Waals surface area contributed by atoms with E-state index in [-0.39, 0.29) is 0 Å². The molecule has 0 unspecified atom stereocenters. The van der Waals surface area contributed by atoms with Crippen molar-refractivity contribution in [3.05, 3.63) is 221 Å². The Morgan fingerprint density at radius 2 is 1.39 bits per heavy atom. The SMILES string of the molecule is C=CC1=C(C)C2=C=C(C=CC=C2)N1C1=CC(c2ccc3c(c2)c2ccccc2n3-c2ccc3sc4ccc(-n5c6c(c7ccccc75)CC=CC=C6)cc4c3c2)=CCC1. The summed E-state index contributed by atoms with van der Waals surface area (Å²) in [6.45, 7) is 6.40. The first-order valence-electron chi connectivity index (χ1n) is 20.5. The van der Waals surface area contributed by atoms with E-state index in [1.54, 1.807) is 0 Å². The summed E-state index contributed by atoms with van der Waals surface area (Å²) in [6, 6.07) is 38.7. The van der Waals surface area contributed by atoms with Crippen LogP contribution in [0, 0.1) is 0 Å². The van der Waals surface area contributed by atoms with Gasteiger partial charge in [0.1, 0.15) is 0 Å². The molecule has 3 nitrogen and oxygen atoms in total. The standard InChI is InChI=1S/C55H39N3S/c1-3-49-35(2)36-14-7-8-16-39(30-36)56(49)40-17-13-15-37(31-40)38-24-27-53-46(32-38)45-20-10-12-23-52(45)58(53)42-26-29-55-48(34-42)47-33-41(25-28-54(47)59-55)57-50-21-6-4-5-18-43(50)44-19-9-11-22-51(44)57/h3-12,14-16,19-29,31-34H,1,13,17-18H2,2H3. The van der Waals surface area contributed by atoms with Crippen molar-refractivity contribution < 1.29 is 0 Å². The topological polar surface area (TPSA) is 13.1 Å². The first-order chi connectivity index (χ1) is 29.1. The van der Waals surface area contributed by atoms with E-state index >= 15 is 0 Å². The van der Waals surface area contributed by atoms with Crippen molar-refractivity contribution >= 4 is 75.9 Å². The van der Waals surface area contributed by atoms with E-state index in [2.05, 4.69) is 197 Å². The van der Waals surface area contributed by atoms with Crippen LogP contribution < -0.4 is 0 Å². The lowest BCUT2D eigenvalue weighted by atomic mass is 9.94. The Bertz CT molecular complexity index is 3480. The van der Waals surface area contributed by atoms with Gasteiger partial charge in [-0.25, -0.2) is 0 Å². The average molecular weight is 774 g/mol. The molecule has 4 heterocycles. The van der Waals surface area contributed by atoms with Crippen LogP contribution in [0.25, 0.3) is 75.9 Å². The van der Waals surface area contributed by atoms with Gasteiger partial charge in [0.15, 0.2) is 0 Å². The van der Waals surface area contributed by atoms with Crippen molar-refractivity contribution in [1.82, 2.24) is 14.0 Å². The largest absolute Gasteiger partial charge is 0.310 e. The summed E-state index contributed by atoms with van der Waals surface area (Å²) in [4.78, 5) is 2.35. The van der Waals surface area contributed by atoms with E-state index in [0.29, 0.717) is 0 Å². The number of aromatic nitrogens is 2. The first kappa shape index (κ1) is 34.0. The van der Waals surface area contributed by atoms with Crippen LogP contribution in [-0.2, 0) is 6.42 Å². The smallest absolute Gasteiger partial charge is 0.0894 e. The molecule has 0 atom stereocenters. The highest BCUT2D eigenvalue weighted by atomic mass is 32.1. The van der Waals surface area contributed by atoms with Gasteiger partial charge < -0.3 is 14.0 Å². The number of allylic oxidation sites excluding steroid dienone is 13. The highest BCUT2D eigenvalue weighted by Crippen LogP contribution is 2.42. The lowest BCUT2D eigenvalue weighted by Crippen LogP contribution is -2.24. The molecule has 5 aromatic carbocycles. The summed E-state index contributed by atoms with van der Waals surface area (Å²) >= 11 is 1.87. The van der Waals surface area contributed by atoms with Crippen LogP contribution in [0.1, 0.15) is 36.6 Å². The predicted octanol–water partition coefficient (Wildman–Crippen LogP) is 14.6. The van der Waals surface area contributed by atoms with E-state index in [9.17, 15) is 0 Å². The van der Waals surface area contributed by atoms with E-state index in [1.807, 2.05) is 17.4 Å². The highest BCUT2D eigenvalue weighted by molar-refractivity contribution is 7.25. The minimum atomic E-state index is 0.928. The molecule has 0 N–H and O–H groups in total. The molecule has 0 amide bonds. The number of fused-ring (bicyclic) bond motifs is 9. The van der Waals surface area contributed by atoms with Gasteiger partial charge in [-0.1, -0.05) is 91.2 Å². The quantitative estimate of drug-likeness (QED) is 0.159. The van der Waals surface area contributed by atoms with Gasteiger partial charge >= 0.3 is 0 Å². The van der Waals surface area contributed by atoms with Gasteiger partial charge in [-0.2, -0.15) is 0 Å². The Morgan fingerprint density at radius 3 is 2.20 bits per heavy atom. The molecule has 0 saturated heterocycles. The van der Waals surface area contributed by atoms with Crippen molar-refractivity contribution in [2.75, 3.05) is 0 Å². The lowest BCUT2D eigenvalue weighted by molar-refractivity contribution is 0.522. The molecule has 280 valence electrons. The van der Waals surface area contributed by atoms with Crippen molar-refractivity contribution in [3.8, 4) is 11.4 Å². The Kier molecular flexibility index (Phi) is 7.62. The lowest BCUT2D eigenvalue weighted by Gasteiger charge is -2.33. The fourth-order valence-corrected chi connectivity index (χ4v) is 10.9. The maximum Gasteiger partial charge on any atom is 0.0894 e. The Morgan fingerprint density at radius 1 is 0.678 bits per heavy atom. The van der Waals surface area contributed by atoms with E-state index in [1.165, 1.54) is 97.9 Å². The van der Waals surface area contributed by atoms with Crippen LogP contribution >= 0.6 is 11.3 Å². The molecule has 0 spiro atoms. The van der Waals surface area contributed by atoms with Gasteiger partial charge in [-0.3, -0.25) is 0 Å². The normalized spacial score (nSPS) is 16.2. The minimum Gasteiger partial charge on any atom is -0.310 e. The zero-order valence-corrected chi connectivity index (χ0v) is 33.6. The predicted molar refractivity (Wildman–Crippen MR) is 251 cm³/mol. The van der Waals surface area contributed by atoms with Crippen LogP contribution in [-0.4, -0.2) is 14.0 Å². The summed E-state index contributed by atoms with van der Waals surface area (Å²) < 4.78 is 7.50. The molecule has 2 bridgehead atoms. The van der Waals surface area contributed by atoms with Gasteiger partial charge in [0.2, 0.25) is 0 Å². The van der Waals surface area contributed by atoms with E-state index < -0.39 is 0 Å². The minimum absolute atomic E-state index is 0.928. The molecule has 4 heteroatoms. The Balaban J connectivity index is 0.975. The molecule has 4 aliphatic rings. The second kappa shape index (κ2) is 13.2. The van der Waals surface area contributed by atoms with Crippen molar-refractivity contribution in [3.63, 3.8) is 0 Å². The van der Waals surface area contributed by atoms with Crippen LogP contribution in [0.5, 0.6) is 0 Å². The van der Waals surface area contributed by atoms with Gasteiger partial charge in [-0.15, -0.1) is 11.3 Å². The monoisotopic (exact) mass is 773 g/mol. The summed E-state index contributed by atoms with van der Waals surface area (Å²) in [6.07, 6.45) is 27.0.